The fourth-order valence-electron chi connectivity index (χ4n) is 1.67. The summed E-state index contributed by atoms with van der Waals surface area (Å²) in [7, 11) is 0. The van der Waals surface area contributed by atoms with Gasteiger partial charge in [0.05, 0.1) is 0 Å². The van der Waals surface area contributed by atoms with E-state index in [2.05, 4.69) is 10.3 Å². The minimum absolute atomic E-state index is 0.0503. The first kappa shape index (κ1) is 12.0. The number of halogens is 1. The van der Waals surface area contributed by atoms with E-state index in [9.17, 15) is 9.18 Å². The summed E-state index contributed by atoms with van der Waals surface area (Å²) < 4.78 is 14.1. The van der Waals surface area contributed by atoms with Crippen molar-refractivity contribution < 1.29 is 9.18 Å². The van der Waals surface area contributed by atoms with Crippen LogP contribution in [0.3, 0.4) is 0 Å². The molecule has 1 aliphatic carbocycles. The van der Waals surface area contributed by atoms with Crippen LogP contribution in [0.5, 0.6) is 0 Å². The molecule has 92 valence electrons. The van der Waals surface area contributed by atoms with Crippen molar-refractivity contribution in [3.63, 3.8) is 0 Å². The molecule has 0 atom stereocenters. The molecular formula is C13H17FN2O. The maximum atomic E-state index is 14.1. The minimum atomic E-state index is -0.422. The first-order valence-corrected chi connectivity index (χ1v) is 5.85. The Hall–Kier alpha value is -1.45. The zero-order valence-corrected chi connectivity index (χ0v) is 10.4. The molecule has 2 rings (SSSR count). The zero-order chi connectivity index (χ0) is 12.6. The number of rotatable bonds is 2. The van der Waals surface area contributed by atoms with E-state index in [0.29, 0.717) is 5.56 Å². The lowest BCUT2D eigenvalue weighted by Crippen LogP contribution is -2.19. The Morgan fingerprint density at radius 3 is 2.65 bits per heavy atom. The monoisotopic (exact) mass is 236 g/mol. The summed E-state index contributed by atoms with van der Waals surface area (Å²) in [6.45, 7) is 5.79. The van der Waals surface area contributed by atoms with E-state index in [1.807, 2.05) is 20.8 Å². The Morgan fingerprint density at radius 1 is 1.47 bits per heavy atom. The van der Waals surface area contributed by atoms with Crippen LogP contribution in [-0.4, -0.2) is 10.9 Å². The van der Waals surface area contributed by atoms with Gasteiger partial charge >= 0.3 is 0 Å². The van der Waals surface area contributed by atoms with Gasteiger partial charge in [-0.15, -0.1) is 0 Å². The highest BCUT2D eigenvalue weighted by Gasteiger charge is 2.31. The predicted octanol–water partition coefficient (Wildman–Crippen LogP) is 2.87. The fraction of sp³-hybridized carbons (Fsp3) is 0.538. The van der Waals surface area contributed by atoms with E-state index < -0.39 is 5.82 Å². The average molecular weight is 236 g/mol. The summed E-state index contributed by atoms with van der Waals surface area (Å²) in [6, 6.07) is 1.65. The van der Waals surface area contributed by atoms with E-state index >= 15 is 0 Å². The molecule has 4 heteroatoms. The van der Waals surface area contributed by atoms with E-state index in [4.69, 9.17) is 0 Å². The second-order valence-electron chi connectivity index (χ2n) is 5.53. The highest BCUT2D eigenvalue weighted by atomic mass is 19.1. The fourth-order valence-corrected chi connectivity index (χ4v) is 1.67. The van der Waals surface area contributed by atoms with Gasteiger partial charge in [-0.25, -0.2) is 9.37 Å². The SMILES string of the molecule is CC(C)(C)c1ccnc(NC(=O)C2CC2)c1F. The van der Waals surface area contributed by atoms with Crippen LogP contribution in [0.25, 0.3) is 0 Å². The minimum Gasteiger partial charge on any atom is -0.308 e. The molecule has 1 fully saturated rings. The molecule has 17 heavy (non-hydrogen) atoms. The summed E-state index contributed by atoms with van der Waals surface area (Å²) in [4.78, 5) is 15.5. The molecule has 1 saturated carbocycles. The molecule has 3 nitrogen and oxygen atoms in total. The van der Waals surface area contributed by atoms with Crippen molar-refractivity contribution >= 4 is 11.7 Å². The molecule has 0 bridgehead atoms. The van der Waals surface area contributed by atoms with Crippen LogP contribution in [0.2, 0.25) is 0 Å². The van der Waals surface area contributed by atoms with Crippen LogP contribution >= 0.6 is 0 Å². The molecule has 0 unspecified atom stereocenters. The quantitative estimate of drug-likeness (QED) is 0.857. The number of hydrogen-bond donors (Lipinski definition) is 1. The van der Waals surface area contributed by atoms with Gasteiger partial charge in [0.1, 0.15) is 0 Å². The molecule has 0 saturated heterocycles. The van der Waals surface area contributed by atoms with E-state index in [1.165, 1.54) is 6.20 Å². The average Bonchev–Trinajstić information content (AvgIpc) is 3.02. The molecular weight excluding hydrogens is 219 g/mol. The largest absolute Gasteiger partial charge is 0.308 e. The Balaban J connectivity index is 2.25. The molecule has 1 aromatic heterocycles. The van der Waals surface area contributed by atoms with Gasteiger partial charge in [0.15, 0.2) is 11.6 Å². The molecule has 0 radical (unpaired) electrons. The standard InChI is InChI=1S/C13H17FN2O/c1-13(2,3)9-6-7-15-11(10(9)14)16-12(17)8-4-5-8/h6-8H,4-5H2,1-3H3,(H,15,16,17). The lowest BCUT2D eigenvalue weighted by Gasteiger charge is -2.20. The van der Waals surface area contributed by atoms with Gasteiger partial charge in [0, 0.05) is 12.1 Å². The van der Waals surface area contributed by atoms with Gasteiger partial charge < -0.3 is 5.32 Å². The van der Waals surface area contributed by atoms with E-state index in [0.717, 1.165) is 12.8 Å². The van der Waals surface area contributed by atoms with Crippen LogP contribution in [-0.2, 0) is 10.2 Å². The molecule has 1 amide bonds. The van der Waals surface area contributed by atoms with Crippen molar-refractivity contribution in [1.82, 2.24) is 4.98 Å². The van der Waals surface area contributed by atoms with Crippen molar-refractivity contribution in [1.29, 1.82) is 0 Å². The number of anilines is 1. The summed E-state index contributed by atoms with van der Waals surface area (Å²) in [5, 5.41) is 2.56. The number of amides is 1. The van der Waals surface area contributed by atoms with Crippen LogP contribution in [0, 0.1) is 11.7 Å². The Bertz CT molecular complexity index is 447. The molecule has 0 spiro atoms. The van der Waals surface area contributed by atoms with Gasteiger partial charge in [-0.05, 0) is 29.9 Å². The summed E-state index contributed by atoms with van der Waals surface area (Å²) in [5.74, 6) is -0.444. The third-order valence-corrected chi connectivity index (χ3v) is 2.89. The zero-order valence-electron chi connectivity index (χ0n) is 10.4. The van der Waals surface area contributed by atoms with Crippen molar-refractivity contribution in [2.24, 2.45) is 5.92 Å². The van der Waals surface area contributed by atoms with Gasteiger partial charge in [-0.1, -0.05) is 20.8 Å². The third-order valence-electron chi connectivity index (χ3n) is 2.89. The number of nitrogens with zero attached hydrogens (tertiary/aromatic N) is 1. The Kier molecular flexibility index (Phi) is 2.89. The summed E-state index contributed by atoms with van der Waals surface area (Å²) in [5.41, 5.74) is 0.269. The topological polar surface area (TPSA) is 42.0 Å². The van der Waals surface area contributed by atoms with Crippen LogP contribution in [0.15, 0.2) is 12.3 Å². The van der Waals surface area contributed by atoms with Gasteiger partial charge in [0.25, 0.3) is 0 Å². The molecule has 1 aromatic rings. The lowest BCUT2D eigenvalue weighted by atomic mass is 9.87. The summed E-state index contributed by atoms with van der Waals surface area (Å²) in [6.07, 6.45) is 3.32. The molecule has 0 aliphatic heterocycles. The Morgan fingerprint density at radius 2 is 2.12 bits per heavy atom. The second-order valence-corrected chi connectivity index (χ2v) is 5.53. The number of nitrogens with one attached hydrogen (secondary N) is 1. The maximum Gasteiger partial charge on any atom is 0.228 e. The van der Waals surface area contributed by atoms with Crippen molar-refractivity contribution in [3.05, 3.63) is 23.6 Å². The van der Waals surface area contributed by atoms with Gasteiger partial charge in [0.2, 0.25) is 5.91 Å². The van der Waals surface area contributed by atoms with Gasteiger partial charge in [-0.2, -0.15) is 0 Å². The second kappa shape index (κ2) is 4.09. The lowest BCUT2D eigenvalue weighted by molar-refractivity contribution is -0.117. The highest BCUT2D eigenvalue weighted by Crippen LogP contribution is 2.31. The third kappa shape index (κ3) is 2.62. The first-order chi connectivity index (χ1) is 7.89. The molecule has 0 aromatic carbocycles. The number of hydrogen-bond acceptors (Lipinski definition) is 2. The van der Waals surface area contributed by atoms with Gasteiger partial charge in [-0.3, -0.25) is 4.79 Å². The molecule has 1 heterocycles. The molecule has 1 aliphatic rings. The van der Waals surface area contributed by atoms with Crippen LogP contribution in [0.1, 0.15) is 39.2 Å². The number of pyridine rings is 1. The highest BCUT2D eigenvalue weighted by molar-refractivity contribution is 5.93. The number of carbonyl (C=O) groups excluding carboxylic acids is 1. The number of carbonyl (C=O) groups is 1. The normalized spacial score (nSPS) is 15.8. The maximum absolute atomic E-state index is 14.1. The first-order valence-electron chi connectivity index (χ1n) is 5.85. The van der Waals surface area contributed by atoms with Crippen molar-refractivity contribution in [2.75, 3.05) is 5.32 Å². The van der Waals surface area contributed by atoms with Crippen LogP contribution in [0.4, 0.5) is 10.2 Å². The van der Waals surface area contributed by atoms with E-state index in [1.54, 1.807) is 6.07 Å². The number of aromatic nitrogens is 1. The van der Waals surface area contributed by atoms with Crippen molar-refractivity contribution in [3.8, 4) is 0 Å². The summed E-state index contributed by atoms with van der Waals surface area (Å²) >= 11 is 0. The predicted molar refractivity (Wildman–Crippen MR) is 64.2 cm³/mol. The van der Waals surface area contributed by atoms with Crippen LogP contribution < -0.4 is 5.32 Å². The van der Waals surface area contributed by atoms with E-state index in [-0.39, 0.29) is 23.1 Å². The Labute approximate surface area is 100 Å². The van der Waals surface area contributed by atoms with Crippen molar-refractivity contribution in [2.45, 2.75) is 39.0 Å². The molecule has 1 N–H and O–H groups in total. The smallest absolute Gasteiger partial charge is 0.228 e.